The van der Waals surface area contributed by atoms with Gasteiger partial charge < -0.3 is 4.42 Å². The Balaban J connectivity index is 1.59. The third-order valence-corrected chi connectivity index (χ3v) is 6.78. The molecule has 4 rings (SSSR count). The Morgan fingerprint density at radius 1 is 1.16 bits per heavy atom. The second kappa shape index (κ2) is 8.26. The minimum Gasteiger partial charge on any atom is -0.457 e. The van der Waals surface area contributed by atoms with Gasteiger partial charge in [-0.15, -0.1) is 11.3 Å². The standard InChI is InChI=1S/C21H14N4O5S2/c1-12-16(19(26)24-20(27)17(12)11-22)10-14-4-7-18(30-14)13-2-5-15(6-3-13)32(28,29)25-21-23-8-9-31-21/h2-10H,1H3,(H,23,25)(H,24,26,27)/b16-10+. The molecule has 32 heavy (non-hydrogen) atoms. The van der Waals surface area contributed by atoms with Crippen LogP contribution in [0.15, 0.2) is 74.0 Å². The summed E-state index contributed by atoms with van der Waals surface area (Å²) in [6, 6.07) is 11.2. The number of furan rings is 1. The quantitative estimate of drug-likeness (QED) is 0.434. The molecule has 160 valence electrons. The lowest BCUT2D eigenvalue weighted by atomic mass is 9.96. The Hall–Kier alpha value is -4.01. The van der Waals surface area contributed by atoms with Crippen molar-refractivity contribution in [1.82, 2.24) is 10.3 Å². The number of anilines is 1. The number of benzene rings is 1. The average Bonchev–Trinajstić information content (AvgIpc) is 3.43. The van der Waals surface area contributed by atoms with Gasteiger partial charge in [-0.1, -0.05) is 0 Å². The van der Waals surface area contributed by atoms with Gasteiger partial charge >= 0.3 is 0 Å². The SMILES string of the molecule is CC1=C(C#N)C(=O)NC(=O)/C1=C/c1ccc(-c2ccc(S(=O)(=O)Nc3nccs3)cc2)o1. The molecular formula is C21H14N4O5S2. The van der Waals surface area contributed by atoms with Crippen molar-refractivity contribution in [2.75, 3.05) is 4.72 Å². The van der Waals surface area contributed by atoms with Crippen molar-refractivity contribution in [3.63, 3.8) is 0 Å². The fourth-order valence-corrected chi connectivity index (χ4v) is 4.78. The number of nitriles is 1. The lowest BCUT2D eigenvalue weighted by molar-refractivity contribution is -0.126. The summed E-state index contributed by atoms with van der Waals surface area (Å²) in [7, 11) is -3.77. The first-order valence-electron chi connectivity index (χ1n) is 9.10. The fourth-order valence-electron chi connectivity index (χ4n) is 2.99. The normalized spacial score (nSPS) is 15.6. The number of nitrogens with one attached hydrogen (secondary N) is 2. The van der Waals surface area contributed by atoms with Crippen LogP contribution in [0.1, 0.15) is 12.7 Å². The van der Waals surface area contributed by atoms with Crippen LogP contribution in [-0.4, -0.2) is 25.2 Å². The van der Waals surface area contributed by atoms with E-state index in [0.29, 0.717) is 17.1 Å². The van der Waals surface area contributed by atoms with Crippen molar-refractivity contribution in [2.45, 2.75) is 11.8 Å². The number of amides is 2. The number of carbonyl (C=O) groups is 2. The molecule has 0 bridgehead atoms. The monoisotopic (exact) mass is 466 g/mol. The van der Waals surface area contributed by atoms with Gasteiger partial charge in [0.2, 0.25) is 0 Å². The zero-order valence-corrected chi connectivity index (χ0v) is 18.1. The van der Waals surface area contributed by atoms with Gasteiger partial charge in [0.15, 0.2) is 5.13 Å². The van der Waals surface area contributed by atoms with Crippen LogP contribution in [0.2, 0.25) is 0 Å². The predicted octanol–water partition coefficient (Wildman–Crippen LogP) is 3.08. The molecule has 2 aromatic heterocycles. The summed E-state index contributed by atoms with van der Waals surface area (Å²) in [5, 5.41) is 13.2. The lowest BCUT2D eigenvalue weighted by Crippen LogP contribution is -2.37. The van der Waals surface area contributed by atoms with E-state index < -0.39 is 21.8 Å². The molecule has 9 nitrogen and oxygen atoms in total. The number of aromatic nitrogens is 1. The maximum atomic E-state index is 12.4. The molecule has 1 aliphatic heterocycles. The number of rotatable bonds is 5. The van der Waals surface area contributed by atoms with E-state index >= 15 is 0 Å². The molecule has 2 amide bonds. The van der Waals surface area contributed by atoms with Crippen LogP contribution in [0.3, 0.4) is 0 Å². The van der Waals surface area contributed by atoms with Gasteiger partial charge in [0.05, 0.1) is 4.90 Å². The van der Waals surface area contributed by atoms with Crippen molar-refractivity contribution in [3.05, 3.63) is 70.5 Å². The predicted molar refractivity (Wildman–Crippen MR) is 117 cm³/mol. The highest BCUT2D eigenvalue weighted by molar-refractivity contribution is 7.93. The Bertz CT molecular complexity index is 1420. The van der Waals surface area contributed by atoms with Crippen molar-refractivity contribution in [1.29, 1.82) is 5.26 Å². The van der Waals surface area contributed by atoms with Crippen molar-refractivity contribution in [2.24, 2.45) is 0 Å². The number of carbonyl (C=O) groups excluding carboxylic acids is 2. The van der Waals surface area contributed by atoms with Gasteiger partial charge in [0.25, 0.3) is 21.8 Å². The van der Waals surface area contributed by atoms with E-state index in [-0.39, 0.29) is 26.7 Å². The summed E-state index contributed by atoms with van der Waals surface area (Å²) in [6.07, 6.45) is 2.94. The molecule has 3 heterocycles. The third kappa shape index (κ3) is 4.09. The first-order chi connectivity index (χ1) is 15.3. The lowest BCUT2D eigenvalue weighted by Gasteiger charge is -2.15. The Morgan fingerprint density at radius 2 is 1.91 bits per heavy atom. The smallest absolute Gasteiger partial charge is 0.269 e. The van der Waals surface area contributed by atoms with E-state index in [4.69, 9.17) is 9.68 Å². The Morgan fingerprint density at radius 3 is 2.56 bits per heavy atom. The molecule has 0 atom stereocenters. The molecule has 11 heteroatoms. The van der Waals surface area contributed by atoms with Crippen molar-refractivity contribution < 1.29 is 22.4 Å². The van der Waals surface area contributed by atoms with Crippen LogP contribution in [0.25, 0.3) is 17.4 Å². The second-order valence-corrected chi connectivity index (χ2v) is 9.20. The first kappa shape index (κ1) is 21.2. The summed E-state index contributed by atoms with van der Waals surface area (Å²) in [6.45, 7) is 1.52. The fraction of sp³-hybridized carbons (Fsp3) is 0.0476. The summed E-state index contributed by atoms with van der Waals surface area (Å²) >= 11 is 1.17. The number of hydrogen-bond acceptors (Lipinski definition) is 8. The minimum atomic E-state index is -3.77. The molecule has 0 saturated carbocycles. The second-order valence-electron chi connectivity index (χ2n) is 6.62. The zero-order chi connectivity index (χ0) is 22.9. The molecular weight excluding hydrogens is 452 g/mol. The van der Waals surface area contributed by atoms with Crippen LogP contribution < -0.4 is 10.0 Å². The molecule has 0 spiro atoms. The maximum absolute atomic E-state index is 12.4. The highest BCUT2D eigenvalue weighted by Crippen LogP contribution is 2.28. The van der Waals surface area contributed by atoms with E-state index in [1.807, 2.05) is 0 Å². The van der Waals surface area contributed by atoms with Crippen LogP contribution in [-0.2, 0) is 19.6 Å². The summed E-state index contributed by atoms with van der Waals surface area (Å²) in [5.41, 5.74) is 0.903. The Labute approximate surface area is 186 Å². The van der Waals surface area contributed by atoms with Gasteiger partial charge in [0, 0.05) is 22.7 Å². The third-order valence-electron chi connectivity index (χ3n) is 4.61. The number of nitrogens with zero attached hydrogens (tertiary/aromatic N) is 2. The van der Waals surface area contributed by atoms with Crippen LogP contribution >= 0.6 is 11.3 Å². The van der Waals surface area contributed by atoms with Crippen LogP contribution in [0.4, 0.5) is 5.13 Å². The van der Waals surface area contributed by atoms with E-state index in [1.54, 1.807) is 35.7 Å². The number of imide groups is 1. The van der Waals surface area contributed by atoms with Gasteiger partial charge in [-0.3, -0.25) is 19.6 Å². The number of thiazole rings is 1. The van der Waals surface area contributed by atoms with Crippen molar-refractivity contribution >= 4 is 44.4 Å². The highest BCUT2D eigenvalue weighted by atomic mass is 32.2. The zero-order valence-electron chi connectivity index (χ0n) is 16.4. The molecule has 1 aromatic carbocycles. The molecule has 2 N–H and O–H groups in total. The average molecular weight is 467 g/mol. The molecule has 0 saturated heterocycles. The summed E-state index contributed by atoms with van der Waals surface area (Å²) < 4.78 is 33.0. The molecule has 1 aliphatic rings. The van der Waals surface area contributed by atoms with E-state index in [1.165, 1.54) is 42.7 Å². The molecule has 0 aliphatic carbocycles. The van der Waals surface area contributed by atoms with Gasteiger partial charge in [-0.2, -0.15) is 5.26 Å². The van der Waals surface area contributed by atoms with E-state index in [2.05, 4.69) is 15.0 Å². The first-order valence-corrected chi connectivity index (χ1v) is 11.5. The highest BCUT2D eigenvalue weighted by Gasteiger charge is 2.27. The van der Waals surface area contributed by atoms with E-state index in [9.17, 15) is 18.0 Å². The maximum Gasteiger partial charge on any atom is 0.269 e. The molecule has 0 radical (unpaired) electrons. The van der Waals surface area contributed by atoms with E-state index in [0.717, 1.165) is 0 Å². The van der Waals surface area contributed by atoms with Crippen molar-refractivity contribution in [3.8, 4) is 17.4 Å². The topological polar surface area (TPSA) is 142 Å². The summed E-state index contributed by atoms with van der Waals surface area (Å²) in [4.78, 5) is 27.8. The molecule has 0 unspecified atom stereocenters. The largest absolute Gasteiger partial charge is 0.457 e. The minimum absolute atomic E-state index is 0.0682. The van der Waals surface area contributed by atoms with Gasteiger partial charge in [0.1, 0.15) is 23.2 Å². The summed E-state index contributed by atoms with van der Waals surface area (Å²) in [5.74, 6) is -0.570. The van der Waals surface area contributed by atoms with Crippen LogP contribution in [0, 0.1) is 11.3 Å². The number of hydrogen-bond donors (Lipinski definition) is 2. The van der Waals surface area contributed by atoms with Gasteiger partial charge in [-0.25, -0.2) is 13.4 Å². The van der Waals surface area contributed by atoms with Gasteiger partial charge in [-0.05, 0) is 55.0 Å². The Kier molecular flexibility index (Phi) is 5.48. The number of sulfonamides is 1. The van der Waals surface area contributed by atoms with Crippen LogP contribution in [0.5, 0.6) is 0 Å². The molecule has 0 fully saturated rings. The molecule has 3 aromatic rings.